The SMILES string of the molecule is CCCCOc1ccc2[nH]c(C)c(C#N)c(=O)c2c1. The van der Waals surface area contributed by atoms with Gasteiger partial charge in [0.25, 0.3) is 0 Å². The summed E-state index contributed by atoms with van der Waals surface area (Å²) >= 11 is 0. The van der Waals surface area contributed by atoms with Crippen LogP contribution in [0.3, 0.4) is 0 Å². The molecule has 1 aromatic heterocycles. The Labute approximate surface area is 111 Å². The van der Waals surface area contributed by atoms with Crippen molar-refractivity contribution in [2.24, 2.45) is 0 Å². The lowest BCUT2D eigenvalue weighted by Gasteiger charge is -2.07. The average molecular weight is 256 g/mol. The maximum Gasteiger partial charge on any atom is 0.207 e. The summed E-state index contributed by atoms with van der Waals surface area (Å²) in [5, 5.41) is 9.50. The van der Waals surface area contributed by atoms with Crippen molar-refractivity contribution in [3.63, 3.8) is 0 Å². The van der Waals surface area contributed by atoms with E-state index in [-0.39, 0.29) is 11.0 Å². The predicted molar refractivity (Wildman–Crippen MR) is 74.4 cm³/mol. The van der Waals surface area contributed by atoms with Crippen molar-refractivity contribution in [2.45, 2.75) is 26.7 Å². The molecule has 0 aliphatic carbocycles. The molecular formula is C15H16N2O2. The minimum absolute atomic E-state index is 0.165. The third kappa shape index (κ3) is 2.60. The summed E-state index contributed by atoms with van der Waals surface area (Å²) in [4.78, 5) is 15.2. The van der Waals surface area contributed by atoms with Crippen LogP contribution < -0.4 is 10.2 Å². The van der Waals surface area contributed by atoms with E-state index in [1.807, 2.05) is 18.2 Å². The van der Waals surface area contributed by atoms with Crippen molar-refractivity contribution in [3.05, 3.63) is 39.7 Å². The van der Waals surface area contributed by atoms with E-state index in [4.69, 9.17) is 10.00 Å². The standard InChI is InChI=1S/C15H16N2O2/c1-3-4-7-19-11-5-6-14-12(8-11)15(18)13(9-16)10(2)17-14/h5-6,8H,3-4,7H2,1-2H3,(H,17,18). The van der Waals surface area contributed by atoms with Gasteiger partial charge < -0.3 is 9.72 Å². The van der Waals surface area contributed by atoms with Crippen molar-refractivity contribution in [1.82, 2.24) is 4.98 Å². The van der Waals surface area contributed by atoms with Gasteiger partial charge in [-0.05, 0) is 31.5 Å². The van der Waals surface area contributed by atoms with Gasteiger partial charge in [-0.25, -0.2) is 0 Å². The molecule has 0 fully saturated rings. The fourth-order valence-corrected chi connectivity index (χ4v) is 1.95. The van der Waals surface area contributed by atoms with Gasteiger partial charge in [0.2, 0.25) is 5.43 Å². The lowest BCUT2D eigenvalue weighted by atomic mass is 10.1. The van der Waals surface area contributed by atoms with E-state index in [0.717, 1.165) is 18.4 Å². The first-order chi connectivity index (χ1) is 9.17. The number of aromatic amines is 1. The number of fused-ring (bicyclic) bond motifs is 1. The van der Waals surface area contributed by atoms with Gasteiger partial charge in [0.1, 0.15) is 17.4 Å². The molecule has 4 nitrogen and oxygen atoms in total. The maximum absolute atomic E-state index is 12.2. The van der Waals surface area contributed by atoms with Gasteiger partial charge in [0.15, 0.2) is 0 Å². The molecule has 0 spiro atoms. The highest BCUT2D eigenvalue weighted by Gasteiger charge is 2.09. The number of hydrogen-bond donors (Lipinski definition) is 1. The van der Waals surface area contributed by atoms with E-state index < -0.39 is 0 Å². The zero-order valence-corrected chi connectivity index (χ0v) is 11.1. The van der Waals surface area contributed by atoms with Crippen LogP contribution >= 0.6 is 0 Å². The summed E-state index contributed by atoms with van der Waals surface area (Å²) in [6.07, 6.45) is 2.04. The second-order valence-corrected chi connectivity index (χ2v) is 4.48. The Kier molecular flexibility index (Phi) is 3.86. The van der Waals surface area contributed by atoms with Crippen LogP contribution in [-0.2, 0) is 0 Å². The molecule has 0 bridgehead atoms. The molecule has 0 radical (unpaired) electrons. The molecule has 19 heavy (non-hydrogen) atoms. The number of nitrogens with zero attached hydrogens (tertiary/aromatic N) is 1. The predicted octanol–water partition coefficient (Wildman–Crippen LogP) is 2.89. The minimum atomic E-state index is -0.241. The molecule has 0 unspecified atom stereocenters. The third-order valence-electron chi connectivity index (χ3n) is 3.04. The molecule has 0 amide bonds. The largest absolute Gasteiger partial charge is 0.494 e. The van der Waals surface area contributed by atoms with Gasteiger partial charge in [-0.2, -0.15) is 5.26 Å². The lowest BCUT2D eigenvalue weighted by molar-refractivity contribution is 0.310. The van der Waals surface area contributed by atoms with Gasteiger partial charge in [0.05, 0.1) is 12.0 Å². The fourth-order valence-electron chi connectivity index (χ4n) is 1.95. The van der Waals surface area contributed by atoms with E-state index in [1.165, 1.54) is 0 Å². The van der Waals surface area contributed by atoms with E-state index in [1.54, 1.807) is 13.0 Å². The summed E-state index contributed by atoms with van der Waals surface area (Å²) in [6, 6.07) is 7.29. The molecular weight excluding hydrogens is 240 g/mol. The number of benzene rings is 1. The van der Waals surface area contributed by atoms with Crippen molar-refractivity contribution >= 4 is 10.9 Å². The van der Waals surface area contributed by atoms with Crippen LogP contribution in [0.15, 0.2) is 23.0 Å². The zero-order chi connectivity index (χ0) is 13.8. The first kappa shape index (κ1) is 13.2. The molecule has 98 valence electrons. The number of rotatable bonds is 4. The number of ether oxygens (including phenoxy) is 1. The Hall–Kier alpha value is -2.28. The lowest BCUT2D eigenvalue weighted by Crippen LogP contribution is -2.10. The van der Waals surface area contributed by atoms with Crippen molar-refractivity contribution in [3.8, 4) is 11.8 Å². The summed E-state index contributed by atoms with van der Waals surface area (Å²) in [5.41, 5.74) is 1.25. The summed E-state index contributed by atoms with van der Waals surface area (Å²) in [7, 11) is 0. The van der Waals surface area contributed by atoms with Crippen molar-refractivity contribution < 1.29 is 4.74 Å². The molecule has 0 saturated heterocycles. The smallest absolute Gasteiger partial charge is 0.207 e. The topological polar surface area (TPSA) is 65.9 Å². The second kappa shape index (κ2) is 5.57. The molecule has 2 rings (SSSR count). The highest BCUT2D eigenvalue weighted by molar-refractivity contribution is 5.81. The van der Waals surface area contributed by atoms with Crippen LogP contribution in [0.1, 0.15) is 31.0 Å². The van der Waals surface area contributed by atoms with E-state index >= 15 is 0 Å². The molecule has 4 heteroatoms. The number of pyridine rings is 1. The first-order valence-corrected chi connectivity index (χ1v) is 6.37. The average Bonchev–Trinajstić information content (AvgIpc) is 2.40. The number of aromatic nitrogens is 1. The Morgan fingerprint density at radius 3 is 2.89 bits per heavy atom. The Balaban J connectivity index is 2.48. The number of hydrogen-bond acceptors (Lipinski definition) is 3. The Bertz CT molecular complexity index is 696. The van der Waals surface area contributed by atoms with Gasteiger partial charge in [-0.15, -0.1) is 0 Å². The Morgan fingerprint density at radius 2 is 2.21 bits per heavy atom. The Morgan fingerprint density at radius 1 is 1.42 bits per heavy atom. The zero-order valence-electron chi connectivity index (χ0n) is 11.1. The van der Waals surface area contributed by atoms with Gasteiger partial charge >= 0.3 is 0 Å². The van der Waals surface area contributed by atoms with Gasteiger partial charge in [-0.3, -0.25) is 4.79 Å². The number of nitriles is 1. The molecule has 0 saturated carbocycles. The normalized spacial score (nSPS) is 10.4. The molecule has 1 N–H and O–H groups in total. The second-order valence-electron chi connectivity index (χ2n) is 4.48. The van der Waals surface area contributed by atoms with Crippen LogP contribution in [-0.4, -0.2) is 11.6 Å². The van der Waals surface area contributed by atoms with Crippen LogP contribution in [0.2, 0.25) is 0 Å². The van der Waals surface area contributed by atoms with Crippen molar-refractivity contribution in [2.75, 3.05) is 6.61 Å². The number of H-pyrrole nitrogens is 1. The molecule has 2 aromatic rings. The summed E-state index contributed by atoms with van der Waals surface area (Å²) in [5.74, 6) is 0.666. The van der Waals surface area contributed by atoms with Crippen LogP contribution in [0.25, 0.3) is 10.9 Å². The molecule has 0 aliphatic rings. The molecule has 0 atom stereocenters. The summed E-state index contributed by atoms with van der Waals surface area (Å²) in [6.45, 7) is 4.46. The van der Waals surface area contributed by atoms with Gasteiger partial charge in [-0.1, -0.05) is 13.3 Å². The van der Waals surface area contributed by atoms with Crippen LogP contribution in [0, 0.1) is 18.3 Å². The maximum atomic E-state index is 12.2. The number of nitrogens with one attached hydrogen (secondary N) is 1. The number of aryl methyl sites for hydroxylation is 1. The molecule has 1 aromatic carbocycles. The molecule has 0 aliphatic heterocycles. The minimum Gasteiger partial charge on any atom is -0.494 e. The van der Waals surface area contributed by atoms with Crippen LogP contribution in [0.4, 0.5) is 0 Å². The highest BCUT2D eigenvalue weighted by atomic mass is 16.5. The first-order valence-electron chi connectivity index (χ1n) is 6.37. The van der Waals surface area contributed by atoms with Crippen molar-refractivity contribution in [1.29, 1.82) is 5.26 Å². The fraction of sp³-hybridized carbons (Fsp3) is 0.333. The molecule has 1 heterocycles. The quantitative estimate of drug-likeness (QED) is 0.855. The highest BCUT2D eigenvalue weighted by Crippen LogP contribution is 2.18. The van der Waals surface area contributed by atoms with E-state index in [0.29, 0.717) is 23.4 Å². The van der Waals surface area contributed by atoms with E-state index in [2.05, 4.69) is 11.9 Å². The van der Waals surface area contributed by atoms with Crippen LogP contribution in [0.5, 0.6) is 5.75 Å². The van der Waals surface area contributed by atoms with E-state index in [9.17, 15) is 4.79 Å². The monoisotopic (exact) mass is 256 g/mol. The third-order valence-corrected chi connectivity index (χ3v) is 3.04. The van der Waals surface area contributed by atoms with Gasteiger partial charge in [0, 0.05) is 11.2 Å². The number of unbranched alkanes of at least 4 members (excludes halogenated alkanes) is 1. The summed E-state index contributed by atoms with van der Waals surface area (Å²) < 4.78 is 5.58.